The van der Waals surface area contributed by atoms with Crippen molar-refractivity contribution in [3.8, 4) is 0 Å². The van der Waals surface area contributed by atoms with Crippen molar-refractivity contribution >= 4 is 34.6 Å². The zero-order valence-electron chi connectivity index (χ0n) is 14.7. The van der Waals surface area contributed by atoms with Gasteiger partial charge in [-0.3, -0.25) is 9.59 Å². The van der Waals surface area contributed by atoms with Crippen molar-refractivity contribution in [3.63, 3.8) is 0 Å². The van der Waals surface area contributed by atoms with Crippen LogP contribution in [0.3, 0.4) is 0 Å². The molecule has 0 saturated heterocycles. The molecule has 1 amide bonds. The Morgan fingerprint density at radius 1 is 1.00 bits per heavy atom. The highest BCUT2D eigenvalue weighted by molar-refractivity contribution is 7.09. The first-order valence-corrected chi connectivity index (χ1v) is 9.88. The molecular weight excluding hydrogens is 380 g/mol. The molecule has 0 atom stereocenters. The molecule has 0 bridgehead atoms. The van der Waals surface area contributed by atoms with E-state index in [0.29, 0.717) is 17.1 Å². The number of carbonyl (C=O) groups excluding carboxylic acids is 2. The summed E-state index contributed by atoms with van der Waals surface area (Å²) < 4.78 is 0. The maximum atomic E-state index is 12.1. The Labute approximate surface area is 167 Å². The number of Topliss-reactive ketones (excluding diaryl/α,β-unsaturated/α-hetero) is 1. The van der Waals surface area contributed by atoms with E-state index in [-0.39, 0.29) is 24.5 Å². The van der Waals surface area contributed by atoms with Gasteiger partial charge in [0.05, 0.1) is 17.2 Å². The van der Waals surface area contributed by atoms with Crippen LogP contribution in [0.15, 0.2) is 60.0 Å². The second-order valence-corrected chi connectivity index (χ2v) is 7.48. The van der Waals surface area contributed by atoms with Gasteiger partial charge in [0.1, 0.15) is 0 Å². The minimum atomic E-state index is -0.157. The Balaban J connectivity index is 1.42. The summed E-state index contributed by atoms with van der Waals surface area (Å²) >= 11 is 7.40. The molecule has 0 saturated carbocycles. The van der Waals surface area contributed by atoms with Gasteiger partial charge in [-0.25, -0.2) is 4.98 Å². The lowest BCUT2D eigenvalue weighted by molar-refractivity contribution is -0.121. The van der Waals surface area contributed by atoms with Gasteiger partial charge in [-0.05, 0) is 29.8 Å². The van der Waals surface area contributed by atoms with Crippen molar-refractivity contribution < 1.29 is 9.59 Å². The molecule has 0 aliphatic rings. The van der Waals surface area contributed by atoms with E-state index in [1.165, 1.54) is 5.56 Å². The molecule has 3 aromatic rings. The van der Waals surface area contributed by atoms with Gasteiger partial charge >= 0.3 is 0 Å². The fraction of sp³-hybridized carbons (Fsp3) is 0.190. The van der Waals surface area contributed by atoms with E-state index < -0.39 is 0 Å². The third-order valence-corrected chi connectivity index (χ3v) is 5.16. The van der Waals surface area contributed by atoms with Crippen molar-refractivity contribution in [1.29, 1.82) is 0 Å². The maximum absolute atomic E-state index is 12.1. The maximum Gasteiger partial charge on any atom is 0.220 e. The topological polar surface area (TPSA) is 59.1 Å². The summed E-state index contributed by atoms with van der Waals surface area (Å²) in [7, 11) is 0. The predicted octanol–water partition coefficient (Wildman–Crippen LogP) is 4.67. The number of nitrogens with one attached hydrogen (secondary N) is 1. The van der Waals surface area contributed by atoms with Crippen molar-refractivity contribution in [2.75, 3.05) is 0 Å². The minimum Gasteiger partial charge on any atom is -0.350 e. The highest BCUT2D eigenvalue weighted by Crippen LogP contribution is 2.15. The van der Waals surface area contributed by atoms with E-state index in [9.17, 15) is 9.59 Å². The number of thiazole rings is 1. The van der Waals surface area contributed by atoms with Crippen LogP contribution in [0.4, 0.5) is 0 Å². The van der Waals surface area contributed by atoms with Crippen LogP contribution >= 0.6 is 22.9 Å². The first kappa shape index (κ1) is 19.3. The molecule has 1 N–H and O–H groups in total. The van der Waals surface area contributed by atoms with Crippen LogP contribution in [0.1, 0.15) is 39.5 Å². The molecule has 0 unspecified atom stereocenters. The summed E-state index contributed by atoms with van der Waals surface area (Å²) in [5.74, 6) is -0.226. The predicted molar refractivity (Wildman–Crippen MR) is 108 cm³/mol. The largest absolute Gasteiger partial charge is 0.350 e. The first-order chi connectivity index (χ1) is 13.1. The van der Waals surface area contributed by atoms with E-state index in [4.69, 9.17) is 11.6 Å². The number of rotatable bonds is 8. The van der Waals surface area contributed by atoms with Gasteiger partial charge in [-0.1, -0.05) is 41.9 Å². The molecule has 138 valence electrons. The molecule has 0 fully saturated rings. The lowest BCUT2D eigenvalue weighted by atomic mass is 10.1. The number of ketones is 1. The van der Waals surface area contributed by atoms with E-state index >= 15 is 0 Å². The summed E-state index contributed by atoms with van der Waals surface area (Å²) in [6.07, 6.45) is 1.11. The third-order valence-electron chi connectivity index (χ3n) is 4.01. The molecule has 27 heavy (non-hydrogen) atoms. The quantitative estimate of drug-likeness (QED) is 0.561. The third kappa shape index (κ3) is 6.01. The van der Waals surface area contributed by atoms with Gasteiger partial charge in [0, 0.05) is 35.2 Å². The minimum absolute atomic E-state index is 0.0689. The van der Waals surface area contributed by atoms with Crippen molar-refractivity contribution in [2.45, 2.75) is 25.8 Å². The molecule has 1 heterocycles. The lowest BCUT2D eigenvalue weighted by Crippen LogP contribution is -2.23. The lowest BCUT2D eigenvalue weighted by Gasteiger charge is -2.04. The second-order valence-electron chi connectivity index (χ2n) is 6.10. The van der Waals surface area contributed by atoms with E-state index in [1.54, 1.807) is 35.6 Å². The fourth-order valence-corrected chi connectivity index (χ4v) is 3.52. The number of aromatic nitrogens is 1. The van der Waals surface area contributed by atoms with Gasteiger partial charge in [0.2, 0.25) is 5.91 Å². The van der Waals surface area contributed by atoms with E-state index in [0.717, 1.165) is 17.1 Å². The average Bonchev–Trinajstić information content (AvgIpc) is 3.13. The van der Waals surface area contributed by atoms with Crippen molar-refractivity contribution in [3.05, 3.63) is 86.8 Å². The molecule has 0 aliphatic heterocycles. The number of nitrogens with zero attached hydrogens (tertiary/aromatic N) is 1. The Bertz CT molecular complexity index is 907. The summed E-state index contributed by atoms with van der Waals surface area (Å²) in [5, 5.41) is 6.38. The SMILES string of the molecule is O=C(CCC(=O)c1ccc(Cl)cc1)NCc1csc(Cc2ccccc2)n1. The van der Waals surface area contributed by atoms with Crippen LogP contribution in [-0.2, 0) is 17.8 Å². The van der Waals surface area contributed by atoms with Gasteiger partial charge in [0.25, 0.3) is 0 Å². The smallest absolute Gasteiger partial charge is 0.220 e. The Hall–Kier alpha value is -2.50. The van der Waals surface area contributed by atoms with Crippen LogP contribution in [0.25, 0.3) is 0 Å². The number of halogens is 1. The number of benzene rings is 2. The Kier molecular flexibility index (Phi) is 6.74. The highest BCUT2D eigenvalue weighted by Gasteiger charge is 2.10. The second kappa shape index (κ2) is 9.44. The summed E-state index contributed by atoms with van der Waals surface area (Å²) in [4.78, 5) is 28.6. The van der Waals surface area contributed by atoms with Gasteiger partial charge in [-0.15, -0.1) is 11.3 Å². The van der Waals surface area contributed by atoms with Crippen LogP contribution in [0.2, 0.25) is 5.02 Å². The number of amides is 1. The van der Waals surface area contributed by atoms with E-state index in [2.05, 4.69) is 22.4 Å². The fourth-order valence-electron chi connectivity index (χ4n) is 2.57. The molecule has 0 radical (unpaired) electrons. The standard InChI is InChI=1S/C21H19ClN2O2S/c22-17-8-6-16(7-9-17)19(25)10-11-20(26)23-13-18-14-27-21(24-18)12-15-4-2-1-3-5-15/h1-9,14H,10-13H2,(H,23,26). The van der Waals surface area contributed by atoms with Gasteiger partial charge < -0.3 is 5.32 Å². The first-order valence-electron chi connectivity index (χ1n) is 8.63. The summed E-state index contributed by atoms with van der Waals surface area (Å²) in [6, 6.07) is 16.8. The molecule has 2 aromatic carbocycles. The van der Waals surface area contributed by atoms with Gasteiger partial charge in [0.15, 0.2) is 5.78 Å². The van der Waals surface area contributed by atoms with Crippen LogP contribution < -0.4 is 5.32 Å². The van der Waals surface area contributed by atoms with Crippen molar-refractivity contribution in [1.82, 2.24) is 10.3 Å². The Morgan fingerprint density at radius 2 is 1.74 bits per heavy atom. The highest BCUT2D eigenvalue weighted by atomic mass is 35.5. The molecule has 1 aromatic heterocycles. The van der Waals surface area contributed by atoms with Crippen LogP contribution in [0, 0.1) is 0 Å². The zero-order chi connectivity index (χ0) is 19.1. The summed E-state index contributed by atoms with van der Waals surface area (Å²) in [6.45, 7) is 0.374. The monoisotopic (exact) mass is 398 g/mol. The molecule has 4 nitrogen and oxygen atoms in total. The molecule has 6 heteroatoms. The van der Waals surface area contributed by atoms with Crippen LogP contribution in [0.5, 0.6) is 0 Å². The molecule has 0 aliphatic carbocycles. The molecule has 0 spiro atoms. The molecule has 3 rings (SSSR count). The number of hydrogen-bond donors (Lipinski definition) is 1. The number of carbonyl (C=O) groups is 2. The van der Waals surface area contributed by atoms with Gasteiger partial charge in [-0.2, -0.15) is 0 Å². The Morgan fingerprint density at radius 3 is 2.48 bits per heavy atom. The summed E-state index contributed by atoms with van der Waals surface area (Å²) in [5.41, 5.74) is 2.61. The number of hydrogen-bond acceptors (Lipinski definition) is 4. The normalized spacial score (nSPS) is 10.6. The average molecular weight is 399 g/mol. The van der Waals surface area contributed by atoms with Crippen molar-refractivity contribution in [2.24, 2.45) is 0 Å². The van der Waals surface area contributed by atoms with Crippen LogP contribution in [-0.4, -0.2) is 16.7 Å². The van der Waals surface area contributed by atoms with E-state index in [1.807, 2.05) is 23.6 Å². The molecular formula is C21H19ClN2O2S. The zero-order valence-corrected chi connectivity index (χ0v) is 16.2.